The van der Waals surface area contributed by atoms with Crippen LogP contribution in [0.1, 0.15) is 11.1 Å². The lowest BCUT2D eigenvalue weighted by Gasteiger charge is -2.10. The molecule has 2 aromatic heterocycles. The predicted octanol–water partition coefficient (Wildman–Crippen LogP) is 4.22. The highest BCUT2D eigenvalue weighted by molar-refractivity contribution is 8.12. The largest absolute Gasteiger partial charge is 0.277 e. The predicted molar refractivity (Wildman–Crippen MR) is 86.8 cm³/mol. The fourth-order valence-corrected chi connectivity index (χ4v) is 3.73. The number of halogens is 1. The molecular formula is C15H14ClN3S. The van der Waals surface area contributed by atoms with Crippen LogP contribution in [0.4, 0.5) is 0 Å². The molecule has 102 valence electrons. The summed E-state index contributed by atoms with van der Waals surface area (Å²) in [5.41, 5.74) is 3.14. The number of hydrogen-bond acceptors (Lipinski definition) is 2. The van der Waals surface area contributed by atoms with Gasteiger partial charge in [0, 0.05) is 11.1 Å². The van der Waals surface area contributed by atoms with Crippen molar-refractivity contribution in [1.82, 2.24) is 13.9 Å². The van der Waals surface area contributed by atoms with Gasteiger partial charge in [0.1, 0.15) is 11.5 Å². The quantitative estimate of drug-likeness (QED) is 0.524. The van der Waals surface area contributed by atoms with Gasteiger partial charge in [-0.2, -0.15) is 0 Å². The zero-order valence-corrected chi connectivity index (χ0v) is 12.9. The van der Waals surface area contributed by atoms with Gasteiger partial charge in [0.15, 0.2) is 5.65 Å². The zero-order valence-electron chi connectivity index (χ0n) is 11.3. The summed E-state index contributed by atoms with van der Waals surface area (Å²) < 4.78 is 2.07. The first-order valence-electron chi connectivity index (χ1n) is 6.17. The first-order chi connectivity index (χ1) is 9.58. The fourth-order valence-electron chi connectivity index (χ4n) is 2.14. The molecule has 2 heterocycles. The fraction of sp³-hybridized carbons (Fsp3) is 0.133. The highest BCUT2D eigenvalue weighted by Gasteiger charge is 2.13. The van der Waals surface area contributed by atoms with Crippen LogP contribution >= 0.6 is 22.3 Å². The van der Waals surface area contributed by atoms with Crippen molar-refractivity contribution in [2.45, 2.75) is 18.7 Å². The molecule has 20 heavy (non-hydrogen) atoms. The van der Waals surface area contributed by atoms with E-state index >= 15 is 0 Å². The highest BCUT2D eigenvalue weighted by Crippen LogP contribution is 2.34. The van der Waals surface area contributed by atoms with Crippen LogP contribution in [0.25, 0.3) is 11.0 Å². The van der Waals surface area contributed by atoms with Crippen LogP contribution in [0.15, 0.2) is 41.7 Å². The van der Waals surface area contributed by atoms with Crippen LogP contribution in [0.2, 0.25) is 5.15 Å². The summed E-state index contributed by atoms with van der Waals surface area (Å²) in [5.74, 6) is 4.29. The number of aromatic nitrogens is 3. The Labute approximate surface area is 125 Å². The molecule has 0 saturated carbocycles. The van der Waals surface area contributed by atoms with E-state index < -0.39 is 0 Å². The van der Waals surface area contributed by atoms with Gasteiger partial charge in [0.05, 0.1) is 5.39 Å². The van der Waals surface area contributed by atoms with Crippen molar-refractivity contribution in [3.8, 4) is 0 Å². The minimum absolute atomic E-state index is 0.349. The summed E-state index contributed by atoms with van der Waals surface area (Å²) in [6.07, 6.45) is 3.54. The summed E-state index contributed by atoms with van der Waals surface area (Å²) in [4.78, 5) is 9.58. The van der Waals surface area contributed by atoms with Crippen molar-refractivity contribution >= 4 is 39.2 Å². The standard InChI is InChI=1S/C15H14ClN3S/c1-10-4-6-12(7-5-10)20(3)19-8-11(2)13-14(16)17-9-18-15(13)19/h4-9H,3H2,1-2H3. The molecule has 1 aromatic carbocycles. The molecule has 0 N–H and O–H groups in total. The third-order valence-corrected chi connectivity index (χ3v) is 5.08. The van der Waals surface area contributed by atoms with Gasteiger partial charge in [0.25, 0.3) is 0 Å². The van der Waals surface area contributed by atoms with Crippen molar-refractivity contribution < 1.29 is 0 Å². The third-order valence-electron chi connectivity index (χ3n) is 3.23. The summed E-state index contributed by atoms with van der Waals surface area (Å²) in [5, 5.41) is 1.40. The molecule has 5 heteroatoms. The lowest BCUT2D eigenvalue weighted by Crippen LogP contribution is -1.92. The first kappa shape index (κ1) is 13.3. The van der Waals surface area contributed by atoms with E-state index in [1.807, 2.05) is 13.1 Å². The lowest BCUT2D eigenvalue weighted by molar-refractivity contribution is 1.17. The zero-order chi connectivity index (χ0) is 14.3. The minimum atomic E-state index is -0.349. The van der Waals surface area contributed by atoms with Crippen molar-refractivity contribution in [3.63, 3.8) is 0 Å². The molecule has 3 rings (SSSR count). The van der Waals surface area contributed by atoms with Crippen LogP contribution < -0.4 is 0 Å². The molecule has 3 aromatic rings. The smallest absolute Gasteiger partial charge is 0.155 e. The minimum Gasteiger partial charge on any atom is -0.277 e. The Hall–Kier alpha value is -1.65. The number of fused-ring (bicyclic) bond motifs is 1. The molecule has 0 fully saturated rings. The molecule has 1 atom stereocenters. The van der Waals surface area contributed by atoms with Crippen LogP contribution in [0.5, 0.6) is 0 Å². The van der Waals surface area contributed by atoms with E-state index in [4.69, 9.17) is 11.6 Å². The number of benzene rings is 1. The Morgan fingerprint density at radius 1 is 1.15 bits per heavy atom. The first-order valence-corrected chi connectivity index (χ1v) is 7.90. The Morgan fingerprint density at radius 3 is 2.55 bits per heavy atom. The monoisotopic (exact) mass is 303 g/mol. The molecule has 0 aliphatic carbocycles. The van der Waals surface area contributed by atoms with Gasteiger partial charge in [-0.3, -0.25) is 3.97 Å². The normalized spacial score (nSPS) is 12.8. The van der Waals surface area contributed by atoms with Gasteiger partial charge in [-0.1, -0.05) is 45.8 Å². The molecular weight excluding hydrogens is 290 g/mol. The Kier molecular flexibility index (Phi) is 3.36. The summed E-state index contributed by atoms with van der Waals surface area (Å²) in [6, 6.07) is 8.41. The van der Waals surface area contributed by atoms with Gasteiger partial charge >= 0.3 is 0 Å². The van der Waals surface area contributed by atoms with E-state index in [0.717, 1.165) is 16.6 Å². The lowest BCUT2D eigenvalue weighted by atomic mass is 10.2. The van der Waals surface area contributed by atoms with E-state index in [-0.39, 0.29) is 10.7 Å². The second-order valence-corrected chi connectivity index (χ2v) is 6.63. The van der Waals surface area contributed by atoms with Gasteiger partial charge in [-0.05, 0) is 31.5 Å². The second-order valence-electron chi connectivity index (χ2n) is 4.68. The Bertz CT molecular complexity index is 806. The summed E-state index contributed by atoms with van der Waals surface area (Å²) >= 11 is 6.17. The van der Waals surface area contributed by atoms with Crippen molar-refractivity contribution in [3.05, 3.63) is 53.1 Å². The molecule has 0 aliphatic rings. The summed E-state index contributed by atoms with van der Waals surface area (Å²) in [6.45, 7) is 4.09. The topological polar surface area (TPSA) is 30.7 Å². The molecule has 0 bridgehead atoms. The average Bonchev–Trinajstić information content (AvgIpc) is 2.77. The molecule has 0 radical (unpaired) electrons. The Morgan fingerprint density at radius 2 is 1.85 bits per heavy atom. The third kappa shape index (κ3) is 2.15. The molecule has 0 aliphatic heterocycles. The Balaban J connectivity index is 2.17. The van der Waals surface area contributed by atoms with Crippen molar-refractivity contribution in [1.29, 1.82) is 0 Å². The van der Waals surface area contributed by atoms with Crippen LogP contribution in [-0.2, 0) is 0 Å². The van der Waals surface area contributed by atoms with Gasteiger partial charge in [0.2, 0.25) is 0 Å². The second kappa shape index (κ2) is 5.04. The van der Waals surface area contributed by atoms with Gasteiger partial charge in [-0.15, -0.1) is 0 Å². The number of nitrogens with zero attached hydrogens (tertiary/aromatic N) is 3. The molecule has 0 amide bonds. The van der Waals surface area contributed by atoms with E-state index in [1.165, 1.54) is 16.8 Å². The number of aryl methyl sites for hydroxylation is 2. The van der Waals surface area contributed by atoms with Crippen LogP contribution in [0.3, 0.4) is 0 Å². The molecule has 3 nitrogen and oxygen atoms in total. The number of hydrogen-bond donors (Lipinski definition) is 0. The molecule has 1 unspecified atom stereocenters. The van der Waals surface area contributed by atoms with Crippen molar-refractivity contribution in [2.24, 2.45) is 0 Å². The highest BCUT2D eigenvalue weighted by atomic mass is 35.5. The number of rotatable bonds is 2. The van der Waals surface area contributed by atoms with Crippen LogP contribution in [-0.4, -0.2) is 19.8 Å². The summed E-state index contributed by atoms with van der Waals surface area (Å²) in [7, 11) is -0.349. The van der Waals surface area contributed by atoms with Crippen LogP contribution in [0, 0.1) is 13.8 Å². The molecule has 0 spiro atoms. The van der Waals surface area contributed by atoms with E-state index in [0.29, 0.717) is 5.15 Å². The molecule has 0 saturated heterocycles. The maximum atomic E-state index is 6.17. The van der Waals surface area contributed by atoms with E-state index in [2.05, 4.69) is 51.0 Å². The van der Waals surface area contributed by atoms with E-state index in [1.54, 1.807) is 0 Å². The maximum absolute atomic E-state index is 6.17. The van der Waals surface area contributed by atoms with Gasteiger partial charge in [-0.25, -0.2) is 9.97 Å². The SMILES string of the molecule is C=S(c1ccc(C)cc1)n1cc(C)c2c(Cl)ncnc21. The average molecular weight is 304 g/mol. The van der Waals surface area contributed by atoms with E-state index in [9.17, 15) is 0 Å². The van der Waals surface area contributed by atoms with Crippen molar-refractivity contribution in [2.75, 3.05) is 0 Å². The maximum Gasteiger partial charge on any atom is 0.155 e. The van der Waals surface area contributed by atoms with Gasteiger partial charge < -0.3 is 0 Å².